The number of amides is 1. The van der Waals surface area contributed by atoms with Crippen LogP contribution in [0, 0.1) is 12.8 Å². The van der Waals surface area contributed by atoms with Gasteiger partial charge in [-0.3, -0.25) is 4.79 Å². The number of ether oxygens (including phenoxy) is 1. The van der Waals surface area contributed by atoms with Gasteiger partial charge in [0.15, 0.2) is 5.82 Å². The lowest BCUT2D eigenvalue weighted by atomic mass is 10.1. The Morgan fingerprint density at radius 2 is 2.16 bits per heavy atom. The molecule has 0 aliphatic heterocycles. The topological polar surface area (TPSA) is 73.1 Å². The van der Waals surface area contributed by atoms with Crippen LogP contribution in [0.2, 0.25) is 0 Å². The van der Waals surface area contributed by atoms with E-state index >= 15 is 0 Å². The zero-order valence-electron chi connectivity index (χ0n) is 15.4. The number of methoxy groups -OCH3 is 1. The highest BCUT2D eigenvalue weighted by molar-refractivity contribution is 6.18. The second-order valence-corrected chi connectivity index (χ2v) is 6.35. The summed E-state index contributed by atoms with van der Waals surface area (Å²) in [6, 6.07) is 7.50. The van der Waals surface area contributed by atoms with Crippen molar-refractivity contribution in [3.63, 3.8) is 0 Å². The molecule has 0 radical (unpaired) electrons. The number of rotatable bonds is 7. The molecule has 0 atom stereocenters. The van der Waals surface area contributed by atoms with Crippen LogP contribution in [0.15, 0.2) is 24.3 Å². The van der Waals surface area contributed by atoms with Crippen molar-refractivity contribution < 1.29 is 9.53 Å². The van der Waals surface area contributed by atoms with Gasteiger partial charge in [-0.05, 0) is 53.5 Å². The molecule has 0 fully saturated rings. The Bertz CT molecular complexity index is 751. The highest BCUT2D eigenvalue weighted by Gasteiger charge is 2.20. The van der Waals surface area contributed by atoms with Gasteiger partial charge in [0.1, 0.15) is 11.4 Å². The van der Waals surface area contributed by atoms with Gasteiger partial charge in [-0.15, -0.1) is 5.10 Å². The number of carbonyl (C=O) groups excluding carboxylic acids is 1. The van der Waals surface area contributed by atoms with E-state index in [1.807, 2.05) is 24.3 Å². The summed E-state index contributed by atoms with van der Waals surface area (Å²) in [5, 5.41) is 11.5. The molecule has 1 amide bonds. The molecule has 0 aliphatic rings. The van der Waals surface area contributed by atoms with Gasteiger partial charge in [0.2, 0.25) is 0 Å². The average Bonchev–Trinajstić information content (AvgIpc) is 3.02. The van der Waals surface area contributed by atoms with Crippen LogP contribution in [0.5, 0.6) is 5.75 Å². The smallest absolute Gasteiger partial charge is 0.272 e. The fourth-order valence-corrected chi connectivity index (χ4v) is 2.31. The Hall–Kier alpha value is -2.70. The fourth-order valence-electron chi connectivity index (χ4n) is 2.31. The van der Waals surface area contributed by atoms with Gasteiger partial charge >= 0.3 is 0 Å². The minimum atomic E-state index is -0.126. The van der Waals surface area contributed by atoms with E-state index in [1.165, 1.54) is 4.68 Å². The van der Waals surface area contributed by atoms with Crippen LogP contribution in [0.1, 0.15) is 31.7 Å². The molecule has 0 bridgehead atoms. The molecule has 2 aromatic rings. The number of hydrogen-bond acceptors (Lipinski definition) is 5. The summed E-state index contributed by atoms with van der Waals surface area (Å²) in [6.45, 7) is 6.71. The molecule has 0 N–H and O–H groups in total. The molecule has 0 saturated carbocycles. The predicted octanol–water partition coefficient (Wildman–Crippen LogP) is 2.49. The molecule has 7 nitrogen and oxygen atoms in total. The maximum atomic E-state index is 13.0. The third kappa shape index (κ3) is 4.89. The average molecular weight is 343 g/mol. The maximum absolute atomic E-state index is 13.0. The van der Waals surface area contributed by atoms with Crippen molar-refractivity contribution in [1.29, 1.82) is 0 Å². The third-order valence-corrected chi connectivity index (χ3v) is 3.86. The van der Waals surface area contributed by atoms with Crippen LogP contribution in [0.25, 0.3) is 11.8 Å². The lowest BCUT2D eigenvalue weighted by Crippen LogP contribution is -2.31. The first-order valence-electron chi connectivity index (χ1n) is 8.29. The molecule has 134 valence electrons. The number of aromatic nitrogens is 4. The minimum absolute atomic E-state index is 0.126. The first-order valence-corrected chi connectivity index (χ1v) is 8.29. The molecule has 1 heterocycles. The molecule has 25 heavy (non-hydrogen) atoms. The maximum Gasteiger partial charge on any atom is 0.272 e. The first kappa shape index (κ1) is 18.6. The minimum Gasteiger partial charge on any atom is -0.497 e. The zero-order valence-corrected chi connectivity index (χ0v) is 15.4. The van der Waals surface area contributed by atoms with E-state index in [2.05, 4.69) is 29.4 Å². The molecule has 1 aromatic carbocycles. The van der Waals surface area contributed by atoms with E-state index in [-0.39, 0.29) is 5.91 Å². The largest absolute Gasteiger partial charge is 0.497 e. The summed E-state index contributed by atoms with van der Waals surface area (Å²) in [5.74, 6) is 1.68. The summed E-state index contributed by atoms with van der Waals surface area (Å²) in [6.07, 6.45) is 2.71. The van der Waals surface area contributed by atoms with Crippen molar-refractivity contribution in [2.75, 3.05) is 20.7 Å². The van der Waals surface area contributed by atoms with Gasteiger partial charge in [0, 0.05) is 13.6 Å². The van der Waals surface area contributed by atoms with Crippen molar-refractivity contribution in [2.45, 2.75) is 27.2 Å². The molecule has 2 rings (SSSR count). The summed E-state index contributed by atoms with van der Waals surface area (Å²) >= 11 is 0. The van der Waals surface area contributed by atoms with Gasteiger partial charge in [-0.2, -0.15) is 4.68 Å². The van der Waals surface area contributed by atoms with Crippen LogP contribution in [-0.4, -0.2) is 51.7 Å². The SMILES string of the molecule is COc1cccc(C=C(C(=O)N(C)CCC(C)C)n2nnnc2C)c1. The summed E-state index contributed by atoms with van der Waals surface area (Å²) in [7, 11) is 3.41. The summed E-state index contributed by atoms with van der Waals surface area (Å²) < 4.78 is 6.72. The van der Waals surface area contributed by atoms with Crippen molar-refractivity contribution >= 4 is 17.7 Å². The van der Waals surface area contributed by atoms with E-state index in [9.17, 15) is 4.79 Å². The van der Waals surface area contributed by atoms with Gasteiger partial charge in [-0.1, -0.05) is 26.0 Å². The van der Waals surface area contributed by atoms with Crippen molar-refractivity contribution in [3.8, 4) is 5.75 Å². The van der Waals surface area contributed by atoms with Crippen LogP contribution >= 0.6 is 0 Å². The van der Waals surface area contributed by atoms with Crippen molar-refractivity contribution in [2.24, 2.45) is 5.92 Å². The lowest BCUT2D eigenvalue weighted by Gasteiger charge is -2.20. The number of aryl methyl sites for hydroxylation is 1. The molecular weight excluding hydrogens is 318 g/mol. The van der Waals surface area contributed by atoms with Gasteiger partial charge in [0.25, 0.3) is 5.91 Å². The third-order valence-electron chi connectivity index (χ3n) is 3.86. The molecule has 0 aliphatic carbocycles. The number of likely N-dealkylation sites (N-methyl/N-ethyl adjacent to an activating group) is 1. The monoisotopic (exact) mass is 343 g/mol. The Kier molecular flexibility index (Phi) is 6.27. The molecule has 0 saturated heterocycles. The number of nitrogens with zero attached hydrogens (tertiary/aromatic N) is 5. The molecular formula is C18H25N5O2. The Balaban J connectivity index is 2.38. The number of tetrazole rings is 1. The van der Waals surface area contributed by atoms with Crippen LogP contribution in [0.4, 0.5) is 0 Å². The first-order chi connectivity index (χ1) is 11.9. The second kappa shape index (κ2) is 8.41. The van der Waals surface area contributed by atoms with Crippen LogP contribution in [0.3, 0.4) is 0 Å². The van der Waals surface area contributed by atoms with E-state index in [1.54, 1.807) is 32.1 Å². The molecule has 1 aromatic heterocycles. The van der Waals surface area contributed by atoms with Crippen molar-refractivity contribution in [1.82, 2.24) is 25.1 Å². The Labute approximate surface area is 148 Å². The van der Waals surface area contributed by atoms with E-state index in [0.29, 0.717) is 24.0 Å². The van der Waals surface area contributed by atoms with Crippen LogP contribution in [-0.2, 0) is 4.79 Å². The zero-order chi connectivity index (χ0) is 18.4. The van der Waals surface area contributed by atoms with Crippen molar-refractivity contribution in [3.05, 3.63) is 35.7 Å². The number of carbonyl (C=O) groups is 1. The molecule has 0 spiro atoms. The Morgan fingerprint density at radius 1 is 1.40 bits per heavy atom. The number of benzene rings is 1. The second-order valence-electron chi connectivity index (χ2n) is 6.35. The van der Waals surface area contributed by atoms with E-state index in [4.69, 9.17) is 4.74 Å². The van der Waals surface area contributed by atoms with Gasteiger partial charge in [0.05, 0.1) is 7.11 Å². The van der Waals surface area contributed by atoms with Gasteiger partial charge < -0.3 is 9.64 Å². The summed E-state index contributed by atoms with van der Waals surface area (Å²) in [4.78, 5) is 14.7. The Morgan fingerprint density at radius 3 is 2.76 bits per heavy atom. The normalized spacial score (nSPS) is 11.7. The highest BCUT2D eigenvalue weighted by atomic mass is 16.5. The fraction of sp³-hybridized carbons (Fsp3) is 0.444. The van der Waals surface area contributed by atoms with E-state index < -0.39 is 0 Å². The van der Waals surface area contributed by atoms with Gasteiger partial charge in [-0.25, -0.2) is 0 Å². The summed E-state index contributed by atoms with van der Waals surface area (Å²) in [5.41, 5.74) is 1.25. The standard InChI is InChI=1S/C18H25N5O2/c1-13(2)9-10-22(4)18(24)17(23-14(3)19-20-21-23)12-15-7-6-8-16(11-15)25-5/h6-8,11-13H,9-10H2,1-5H3. The highest BCUT2D eigenvalue weighted by Crippen LogP contribution is 2.19. The molecule has 7 heteroatoms. The molecule has 0 unspecified atom stereocenters. The number of hydrogen-bond donors (Lipinski definition) is 0. The quantitative estimate of drug-likeness (QED) is 0.722. The predicted molar refractivity (Wildman–Crippen MR) is 96.8 cm³/mol. The lowest BCUT2D eigenvalue weighted by molar-refractivity contribution is -0.124. The van der Waals surface area contributed by atoms with E-state index in [0.717, 1.165) is 17.7 Å². The van der Waals surface area contributed by atoms with Crippen LogP contribution < -0.4 is 4.74 Å².